The Bertz CT molecular complexity index is 630. The Morgan fingerprint density at radius 1 is 1.35 bits per heavy atom. The molecule has 0 spiro atoms. The number of rotatable bonds is 2. The van der Waals surface area contributed by atoms with Crippen LogP contribution < -0.4 is 0 Å². The Labute approximate surface area is 108 Å². The van der Waals surface area contributed by atoms with Crippen LogP contribution in [-0.2, 0) is 0 Å². The minimum absolute atomic E-state index is 0.299. The van der Waals surface area contributed by atoms with E-state index in [0.717, 1.165) is 20.8 Å². The van der Waals surface area contributed by atoms with Gasteiger partial charge in [-0.3, -0.25) is 0 Å². The maximum atomic E-state index is 11.4. The number of hydrogen-bond acceptors (Lipinski definition) is 1. The van der Waals surface area contributed by atoms with Gasteiger partial charge in [0, 0.05) is 9.86 Å². The lowest BCUT2D eigenvalue weighted by molar-refractivity contribution is 0.0699. The van der Waals surface area contributed by atoms with Crippen molar-refractivity contribution >= 4 is 38.7 Å². The topological polar surface area (TPSA) is 37.3 Å². The quantitative estimate of drug-likeness (QED) is 0.898. The molecular formula is C14H11BrO2. The van der Waals surface area contributed by atoms with E-state index in [1.807, 2.05) is 25.1 Å². The fraction of sp³-hybridized carbons (Fsp3) is 0.0714. The molecule has 0 fully saturated rings. The smallest absolute Gasteiger partial charge is 0.336 e. The number of aromatic carboxylic acids is 1. The zero-order valence-electron chi connectivity index (χ0n) is 9.33. The van der Waals surface area contributed by atoms with E-state index in [9.17, 15) is 9.90 Å². The van der Waals surface area contributed by atoms with E-state index >= 15 is 0 Å². The summed E-state index contributed by atoms with van der Waals surface area (Å²) in [6.45, 7) is 5.62. The molecule has 17 heavy (non-hydrogen) atoms. The summed E-state index contributed by atoms with van der Waals surface area (Å²) >= 11 is 3.42. The summed E-state index contributed by atoms with van der Waals surface area (Å²) in [6.07, 6.45) is 1.57. The Balaban J connectivity index is 3.04. The Kier molecular flexibility index (Phi) is 3.03. The number of carboxylic acids is 1. The van der Waals surface area contributed by atoms with Gasteiger partial charge in [0.2, 0.25) is 0 Å². The van der Waals surface area contributed by atoms with Gasteiger partial charge in [-0.2, -0.15) is 0 Å². The van der Waals surface area contributed by atoms with Gasteiger partial charge in [-0.1, -0.05) is 46.8 Å². The summed E-state index contributed by atoms with van der Waals surface area (Å²) < 4.78 is 0.791. The summed E-state index contributed by atoms with van der Waals surface area (Å²) in [5, 5.41) is 11.0. The number of carbonyl (C=O) groups is 1. The predicted octanol–water partition coefficient (Wildman–Crippen LogP) is 4.25. The molecule has 0 aliphatic carbocycles. The number of hydrogen-bond donors (Lipinski definition) is 1. The molecule has 2 nitrogen and oxygen atoms in total. The minimum Gasteiger partial charge on any atom is -0.478 e. The molecule has 2 rings (SSSR count). The molecule has 0 saturated carbocycles. The molecule has 0 amide bonds. The second-order valence-corrected chi connectivity index (χ2v) is 4.68. The second-order valence-electron chi connectivity index (χ2n) is 3.83. The average molecular weight is 291 g/mol. The summed E-state index contributed by atoms with van der Waals surface area (Å²) in [6, 6.07) is 7.56. The molecule has 2 aromatic rings. The number of fused-ring (bicyclic) bond motifs is 1. The average Bonchev–Trinajstić information content (AvgIpc) is 2.32. The molecule has 86 valence electrons. The molecule has 0 unspecified atom stereocenters. The van der Waals surface area contributed by atoms with Crippen molar-refractivity contribution in [1.29, 1.82) is 0 Å². The van der Waals surface area contributed by atoms with Crippen LogP contribution in [0, 0.1) is 6.92 Å². The van der Waals surface area contributed by atoms with E-state index in [-0.39, 0.29) is 0 Å². The van der Waals surface area contributed by atoms with Crippen molar-refractivity contribution in [2.75, 3.05) is 0 Å². The third-order valence-corrected chi connectivity index (χ3v) is 3.48. The van der Waals surface area contributed by atoms with Gasteiger partial charge in [0.05, 0.1) is 5.56 Å². The van der Waals surface area contributed by atoms with Crippen LogP contribution in [0.25, 0.3) is 16.8 Å². The van der Waals surface area contributed by atoms with Crippen molar-refractivity contribution < 1.29 is 9.90 Å². The molecule has 0 heterocycles. The van der Waals surface area contributed by atoms with Crippen molar-refractivity contribution in [3.05, 3.63) is 52.0 Å². The highest BCUT2D eigenvalue weighted by Crippen LogP contribution is 2.32. The second kappa shape index (κ2) is 4.34. The van der Waals surface area contributed by atoms with E-state index in [4.69, 9.17) is 0 Å². The predicted molar refractivity (Wildman–Crippen MR) is 73.4 cm³/mol. The third-order valence-electron chi connectivity index (χ3n) is 2.81. The molecule has 0 atom stereocenters. The van der Waals surface area contributed by atoms with Crippen molar-refractivity contribution in [3.63, 3.8) is 0 Å². The molecule has 0 aliphatic heterocycles. The number of aryl methyl sites for hydroxylation is 1. The van der Waals surface area contributed by atoms with Crippen LogP contribution in [0.5, 0.6) is 0 Å². The zero-order valence-corrected chi connectivity index (χ0v) is 10.9. The minimum atomic E-state index is -0.934. The molecule has 1 N–H and O–H groups in total. The lowest BCUT2D eigenvalue weighted by Crippen LogP contribution is -2.02. The van der Waals surface area contributed by atoms with Gasteiger partial charge in [-0.25, -0.2) is 4.79 Å². The summed E-state index contributed by atoms with van der Waals surface area (Å²) in [4.78, 5) is 11.4. The highest BCUT2D eigenvalue weighted by Gasteiger charge is 2.15. The first-order valence-corrected chi connectivity index (χ1v) is 5.93. The number of benzene rings is 2. The first-order chi connectivity index (χ1) is 8.06. The van der Waals surface area contributed by atoms with Crippen molar-refractivity contribution in [1.82, 2.24) is 0 Å². The maximum Gasteiger partial charge on any atom is 0.336 e. The van der Waals surface area contributed by atoms with Crippen molar-refractivity contribution in [2.45, 2.75) is 6.92 Å². The van der Waals surface area contributed by atoms with Crippen LogP contribution in [-0.4, -0.2) is 11.1 Å². The largest absolute Gasteiger partial charge is 0.478 e. The maximum absolute atomic E-state index is 11.4. The van der Waals surface area contributed by atoms with E-state index < -0.39 is 5.97 Å². The van der Waals surface area contributed by atoms with Crippen LogP contribution in [0.4, 0.5) is 0 Å². The lowest BCUT2D eigenvalue weighted by atomic mass is 9.96. The van der Waals surface area contributed by atoms with Crippen molar-refractivity contribution in [3.8, 4) is 0 Å². The fourth-order valence-electron chi connectivity index (χ4n) is 1.97. The third kappa shape index (κ3) is 1.87. The van der Waals surface area contributed by atoms with Crippen molar-refractivity contribution in [2.24, 2.45) is 0 Å². The molecule has 0 saturated heterocycles. The van der Waals surface area contributed by atoms with Crippen LogP contribution in [0.2, 0.25) is 0 Å². The SMILES string of the molecule is C=Cc1ccc2c(C)ccc(Br)c2c1C(=O)O. The highest BCUT2D eigenvalue weighted by atomic mass is 79.9. The summed E-state index contributed by atoms with van der Waals surface area (Å²) in [7, 11) is 0. The molecule has 0 radical (unpaired) electrons. The number of carboxylic acid groups (broad SMARTS) is 1. The van der Waals surface area contributed by atoms with Gasteiger partial charge in [-0.15, -0.1) is 0 Å². The number of halogens is 1. The van der Waals surface area contributed by atoms with Crippen LogP contribution >= 0.6 is 15.9 Å². The molecular weight excluding hydrogens is 280 g/mol. The van der Waals surface area contributed by atoms with Gasteiger partial charge in [0.1, 0.15) is 0 Å². The summed E-state index contributed by atoms with van der Waals surface area (Å²) in [5.41, 5.74) is 1.99. The normalized spacial score (nSPS) is 10.5. The highest BCUT2D eigenvalue weighted by molar-refractivity contribution is 9.10. The Morgan fingerprint density at radius 3 is 2.65 bits per heavy atom. The standard InChI is InChI=1S/C14H11BrO2/c1-3-9-5-6-10-8(2)4-7-11(15)13(10)12(9)14(16)17/h3-7H,1H2,2H3,(H,16,17). The Hall–Kier alpha value is -1.61. The fourth-order valence-corrected chi connectivity index (χ4v) is 2.51. The van der Waals surface area contributed by atoms with Gasteiger partial charge in [-0.05, 0) is 29.5 Å². The van der Waals surface area contributed by atoms with Gasteiger partial charge < -0.3 is 5.11 Å². The lowest BCUT2D eigenvalue weighted by Gasteiger charge is -2.10. The molecule has 0 aliphatic rings. The van der Waals surface area contributed by atoms with Gasteiger partial charge in [0.25, 0.3) is 0 Å². The first-order valence-electron chi connectivity index (χ1n) is 5.14. The van der Waals surface area contributed by atoms with E-state index in [2.05, 4.69) is 22.5 Å². The summed E-state index contributed by atoms with van der Waals surface area (Å²) in [5.74, 6) is -0.934. The zero-order chi connectivity index (χ0) is 12.6. The molecule has 0 bridgehead atoms. The van der Waals surface area contributed by atoms with E-state index in [1.54, 1.807) is 12.1 Å². The van der Waals surface area contributed by atoms with Crippen LogP contribution in [0.3, 0.4) is 0 Å². The molecule has 2 aromatic carbocycles. The first kappa shape index (κ1) is 11.9. The van der Waals surface area contributed by atoms with Crippen LogP contribution in [0.1, 0.15) is 21.5 Å². The molecule has 3 heteroatoms. The Morgan fingerprint density at radius 2 is 2.06 bits per heavy atom. The van der Waals surface area contributed by atoms with E-state index in [1.165, 1.54) is 0 Å². The van der Waals surface area contributed by atoms with Crippen LogP contribution in [0.15, 0.2) is 35.3 Å². The van der Waals surface area contributed by atoms with Gasteiger partial charge >= 0.3 is 5.97 Å². The molecule has 0 aromatic heterocycles. The van der Waals surface area contributed by atoms with Gasteiger partial charge in [0.15, 0.2) is 0 Å². The van der Waals surface area contributed by atoms with E-state index in [0.29, 0.717) is 11.1 Å². The monoisotopic (exact) mass is 290 g/mol.